The lowest BCUT2D eigenvalue weighted by atomic mass is 9.71. The number of hydrogen-bond acceptors (Lipinski definition) is 5. The van der Waals surface area contributed by atoms with Gasteiger partial charge in [-0.2, -0.15) is 0 Å². The molecule has 2 unspecified atom stereocenters. The fraction of sp³-hybridized carbons (Fsp3) is 0.172. The van der Waals surface area contributed by atoms with Gasteiger partial charge >= 0.3 is 0 Å². The number of nitro benzene ring substituents is 1. The van der Waals surface area contributed by atoms with Crippen LogP contribution in [0.5, 0.6) is 0 Å². The van der Waals surface area contributed by atoms with E-state index in [4.69, 9.17) is 0 Å². The summed E-state index contributed by atoms with van der Waals surface area (Å²) in [5.74, 6) is -1.65. The van der Waals surface area contributed by atoms with Crippen LogP contribution in [0.15, 0.2) is 101 Å². The summed E-state index contributed by atoms with van der Waals surface area (Å²) >= 11 is 0. The number of Topliss-reactive ketones (excluding diaryl/α,β-unsaturated/α-hetero) is 1. The van der Waals surface area contributed by atoms with Crippen molar-refractivity contribution in [3.63, 3.8) is 0 Å². The van der Waals surface area contributed by atoms with Crippen molar-refractivity contribution in [3.05, 3.63) is 128 Å². The standard InChI is InChI=1S/C29H24FN3O4/c1-17-26(29(35)32-22-11-9-21(30)10-12-22)27(19-7-13-23(14-8-19)33(36)37)28-24(31-17)15-20(16-25(28)34)18-5-3-2-4-6-18/h2-14,20,27,31H,15-16H2,1H3,(H,32,35). The summed E-state index contributed by atoms with van der Waals surface area (Å²) in [5, 5.41) is 17.3. The van der Waals surface area contributed by atoms with Crippen LogP contribution in [0, 0.1) is 15.9 Å². The van der Waals surface area contributed by atoms with Gasteiger partial charge in [0.2, 0.25) is 0 Å². The number of dihydropyridines is 1. The van der Waals surface area contributed by atoms with Gasteiger partial charge in [0.25, 0.3) is 11.6 Å². The first-order valence-electron chi connectivity index (χ1n) is 11.9. The van der Waals surface area contributed by atoms with E-state index < -0.39 is 22.6 Å². The topological polar surface area (TPSA) is 101 Å². The zero-order valence-corrected chi connectivity index (χ0v) is 20.0. The van der Waals surface area contributed by atoms with Crippen LogP contribution in [-0.2, 0) is 9.59 Å². The quantitative estimate of drug-likeness (QED) is 0.346. The predicted molar refractivity (Wildman–Crippen MR) is 137 cm³/mol. The number of amides is 1. The minimum Gasteiger partial charge on any atom is -0.362 e. The van der Waals surface area contributed by atoms with Crippen LogP contribution in [-0.4, -0.2) is 16.6 Å². The number of carbonyl (C=O) groups excluding carboxylic acids is 2. The third kappa shape index (κ3) is 4.78. The van der Waals surface area contributed by atoms with Crippen molar-refractivity contribution in [1.29, 1.82) is 0 Å². The SMILES string of the molecule is CC1=C(C(=O)Nc2ccc(F)cc2)C(c2ccc([N+](=O)[O-])cc2)C2=C(CC(c3ccccc3)CC2=O)N1. The molecule has 5 rings (SSSR count). The number of nitro groups is 1. The summed E-state index contributed by atoms with van der Waals surface area (Å²) in [5.41, 5.74) is 4.18. The Kier molecular flexibility index (Phi) is 6.40. The number of hydrogen-bond donors (Lipinski definition) is 2. The van der Waals surface area contributed by atoms with E-state index in [1.807, 2.05) is 30.3 Å². The van der Waals surface area contributed by atoms with Crippen LogP contribution in [0.4, 0.5) is 15.8 Å². The van der Waals surface area contributed by atoms with Gasteiger partial charge in [-0.05, 0) is 54.7 Å². The second kappa shape index (κ2) is 9.81. The number of ketones is 1. The molecular weight excluding hydrogens is 473 g/mol. The smallest absolute Gasteiger partial charge is 0.269 e. The number of anilines is 1. The Bertz CT molecular complexity index is 1440. The molecule has 0 saturated carbocycles. The van der Waals surface area contributed by atoms with Crippen molar-refractivity contribution < 1.29 is 18.9 Å². The van der Waals surface area contributed by atoms with E-state index in [1.165, 1.54) is 36.4 Å². The zero-order valence-electron chi connectivity index (χ0n) is 20.0. The highest BCUT2D eigenvalue weighted by atomic mass is 19.1. The summed E-state index contributed by atoms with van der Waals surface area (Å²) in [6, 6.07) is 21.2. The van der Waals surface area contributed by atoms with Crippen molar-refractivity contribution in [2.75, 3.05) is 5.32 Å². The number of benzene rings is 3. The van der Waals surface area contributed by atoms with Crippen LogP contribution >= 0.6 is 0 Å². The Labute approximate surface area is 212 Å². The van der Waals surface area contributed by atoms with E-state index in [0.29, 0.717) is 40.9 Å². The van der Waals surface area contributed by atoms with Crippen molar-refractivity contribution in [2.45, 2.75) is 31.6 Å². The number of allylic oxidation sites excluding steroid dienone is 3. The molecule has 37 heavy (non-hydrogen) atoms. The van der Waals surface area contributed by atoms with E-state index in [9.17, 15) is 24.1 Å². The summed E-state index contributed by atoms with van der Waals surface area (Å²) in [7, 11) is 0. The van der Waals surface area contributed by atoms with E-state index in [0.717, 1.165) is 11.3 Å². The van der Waals surface area contributed by atoms with Gasteiger partial charge in [0.15, 0.2) is 5.78 Å². The Morgan fingerprint density at radius 3 is 2.30 bits per heavy atom. The van der Waals surface area contributed by atoms with Gasteiger partial charge in [-0.15, -0.1) is 0 Å². The van der Waals surface area contributed by atoms with Crippen molar-refractivity contribution in [2.24, 2.45) is 0 Å². The number of nitrogens with zero attached hydrogens (tertiary/aromatic N) is 1. The van der Waals surface area contributed by atoms with Gasteiger partial charge in [-0.1, -0.05) is 42.5 Å². The first kappa shape index (κ1) is 24.1. The van der Waals surface area contributed by atoms with Gasteiger partial charge in [0.05, 0.1) is 4.92 Å². The van der Waals surface area contributed by atoms with Crippen molar-refractivity contribution in [3.8, 4) is 0 Å². The minimum absolute atomic E-state index is 0.000137. The maximum absolute atomic E-state index is 13.6. The predicted octanol–water partition coefficient (Wildman–Crippen LogP) is 5.73. The molecular formula is C29H24FN3O4. The molecule has 2 atom stereocenters. The molecule has 7 nitrogen and oxygen atoms in total. The molecule has 186 valence electrons. The van der Waals surface area contributed by atoms with Crippen molar-refractivity contribution in [1.82, 2.24) is 5.32 Å². The molecule has 0 bridgehead atoms. The maximum Gasteiger partial charge on any atom is 0.269 e. The molecule has 1 aliphatic carbocycles. The Morgan fingerprint density at radius 2 is 1.65 bits per heavy atom. The molecule has 0 radical (unpaired) electrons. The monoisotopic (exact) mass is 497 g/mol. The Hall–Kier alpha value is -4.59. The molecule has 1 aliphatic heterocycles. The van der Waals surface area contributed by atoms with E-state index in [1.54, 1.807) is 19.1 Å². The average molecular weight is 498 g/mol. The van der Waals surface area contributed by atoms with E-state index >= 15 is 0 Å². The molecule has 2 N–H and O–H groups in total. The molecule has 0 saturated heterocycles. The van der Waals surface area contributed by atoms with Crippen molar-refractivity contribution >= 4 is 23.1 Å². The van der Waals surface area contributed by atoms with Crippen LogP contribution in [0.2, 0.25) is 0 Å². The summed E-state index contributed by atoms with van der Waals surface area (Å²) in [4.78, 5) is 37.9. The van der Waals surface area contributed by atoms with Crippen LogP contribution in [0.3, 0.4) is 0 Å². The minimum atomic E-state index is -0.707. The second-order valence-electron chi connectivity index (χ2n) is 9.24. The molecule has 0 spiro atoms. The van der Waals surface area contributed by atoms with Crippen LogP contribution in [0.1, 0.15) is 42.7 Å². The van der Waals surface area contributed by atoms with Gasteiger partial charge in [0, 0.05) is 52.7 Å². The first-order valence-corrected chi connectivity index (χ1v) is 11.9. The highest BCUT2D eigenvalue weighted by Crippen LogP contribution is 2.45. The molecule has 3 aromatic carbocycles. The van der Waals surface area contributed by atoms with Crippen LogP contribution < -0.4 is 10.6 Å². The molecule has 1 amide bonds. The molecule has 2 aliphatic rings. The zero-order chi connectivity index (χ0) is 26.1. The molecule has 0 aromatic heterocycles. The van der Waals surface area contributed by atoms with Gasteiger partial charge in [0.1, 0.15) is 5.82 Å². The molecule has 0 fully saturated rings. The summed E-state index contributed by atoms with van der Waals surface area (Å²) < 4.78 is 13.4. The Morgan fingerprint density at radius 1 is 0.973 bits per heavy atom. The average Bonchev–Trinajstić information content (AvgIpc) is 2.89. The third-order valence-corrected chi connectivity index (χ3v) is 6.88. The van der Waals surface area contributed by atoms with Gasteiger partial charge in [-0.3, -0.25) is 19.7 Å². The van der Waals surface area contributed by atoms with E-state index in [-0.39, 0.29) is 17.4 Å². The third-order valence-electron chi connectivity index (χ3n) is 6.88. The number of halogens is 1. The van der Waals surface area contributed by atoms with Gasteiger partial charge in [-0.25, -0.2) is 4.39 Å². The fourth-order valence-corrected chi connectivity index (χ4v) is 5.15. The van der Waals surface area contributed by atoms with E-state index in [2.05, 4.69) is 10.6 Å². The molecule has 8 heteroatoms. The summed E-state index contributed by atoms with van der Waals surface area (Å²) in [6.45, 7) is 1.78. The normalized spacial score (nSPS) is 19.2. The second-order valence-corrected chi connectivity index (χ2v) is 9.24. The number of nitrogens with one attached hydrogen (secondary N) is 2. The lowest BCUT2D eigenvalue weighted by Gasteiger charge is -2.37. The lowest BCUT2D eigenvalue weighted by molar-refractivity contribution is -0.384. The Balaban J connectivity index is 1.56. The molecule has 1 heterocycles. The number of non-ortho nitro benzene ring substituents is 1. The lowest BCUT2D eigenvalue weighted by Crippen LogP contribution is -2.37. The maximum atomic E-state index is 13.6. The fourth-order valence-electron chi connectivity index (χ4n) is 5.15. The first-order chi connectivity index (χ1) is 17.8. The largest absolute Gasteiger partial charge is 0.362 e. The molecule has 3 aromatic rings. The van der Waals surface area contributed by atoms with Crippen LogP contribution in [0.25, 0.3) is 0 Å². The summed E-state index contributed by atoms with van der Waals surface area (Å²) in [6.07, 6.45) is 0.888. The highest BCUT2D eigenvalue weighted by molar-refractivity contribution is 6.10. The van der Waals surface area contributed by atoms with Gasteiger partial charge < -0.3 is 10.6 Å². The number of carbonyl (C=O) groups is 2. The highest BCUT2D eigenvalue weighted by Gasteiger charge is 2.41. The number of rotatable bonds is 5.